The number of urea groups is 1. The van der Waals surface area contributed by atoms with Gasteiger partial charge in [-0.2, -0.15) is 9.61 Å². The standard InChI is InChI=1S/C22H26N8O2.C2H6/c1-11(31)18-19(13-7-14-4-5-15(8-13)27-14)29-21-16(10-26-30(21)20(18)23)12-3-6-17(25-9-12)28-22(32)24-2;1-2/h3,6,9-10,13-15,27H,4-5,7-8,23H2,1-2H3,(H2,24,25,28,32);1-2H3. The van der Waals surface area contributed by atoms with Crippen LogP contribution in [0.2, 0.25) is 0 Å². The second-order valence-electron chi connectivity index (χ2n) is 8.55. The summed E-state index contributed by atoms with van der Waals surface area (Å²) in [5.74, 6) is 0.836. The van der Waals surface area contributed by atoms with Crippen molar-refractivity contribution >= 4 is 29.1 Å². The van der Waals surface area contributed by atoms with E-state index in [-0.39, 0.29) is 17.7 Å². The summed E-state index contributed by atoms with van der Waals surface area (Å²) in [6, 6.07) is 4.15. The number of fused-ring (bicyclic) bond motifs is 3. The highest BCUT2D eigenvalue weighted by molar-refractivity contribution is 6.00. The molecule has 3 aromatic rings. The maximum Gasteiger partial charge on any atom is 0.320 e. The fourth-order valence-corrected chi connectivity index (χ4v) is 4.98. The van der Waals surface area contributed by atoms with E-state index in [0.29, 0.717) is 34.9 Å². The van der Waals surface area contributed by atoms with E-state index in [9.17, 15) is 9.59 Å². The predicted molar refractivity (Wildman–Crippen MR) is 132 cm³/mol. The van der Waals surface area contributed by atoms with Crippen LogP contribution in [0.4, 0.5) is 16.4 Å². The summed E-state index contributed by atoms with van der Waals surface area (Å²) in [7, 11) is 1.54. The van der Waals surface area contributed by atoms with Crippen LogP contribution in [-0.4, -0.2) is 50.5 Å². The third-order valence-corrected chi connectivity index (χ3v) is 6.47. The van der Waals surface area contributed by atoms with Gasteiger partial charge in [0.1, 0.15) is 11.6 Å². The lowest BCUT2D eigenvalue weighted by Crippen LogP contribution is -2.38. The first-order valence-corrected chi connectivity index (χ1v) is 11.8. The number of nitrogen functional groups attached to an aromatic ring is 1. The van der Waals surface area contributed by atoms with Gasteiger partial charge < -0.3 is 16.4 Å². The van der Waals surface area contributed by atoms with Gasteiger partial charge in [-0.15, -0.1) is 0 Å². The predicted octanol–water partition coefficient (Wildman–Crippen LogP) is 3.35. The molecule has 10 heteroatoms. The number of ketones is 1. The van der Waals surface area contributed by atoms with Crippen molar-refractivity contribution in [3.8, 4) is 11.1 Å². The van der Waals surface area contributed by atoms with Gasteiger partial charge in [0.2, 0.25) is 0 Å². The Kier molecular flexibility index (Phi) is 6.78. The number of carbonyl (C=O) groups is 2. The largest absolute Gasteiger partial charge is 0.383 e. The monoisotopic (exact) mass is 464 g/mol. The molecular weight excluding hydrogens is 432 g/mol. The van der Waals surface area contributed by atoms with Gasteiger partial charge in [0.05, 0.1) is 17.5 Å². The lowest BCUT2D eigenvalue weighted by molar-refractivity contribution is 0.101. The number of aromatic nitrogens is 4. The molecule has 10 nitrogen and oxygen atoms in total. The highest BCUT2D eigenvalue weighted by atomic mass is 16.2. The molecule has 2 atom stereocenters. The smallest absolute Gasteiger partial charge is 0.320 e. The van der Waals surface area contributed by atoms with Crippen molar-refractivity contribution in [2.45, 2.75) is 64.5 Å². The molecule has 0 aliphatic carbocycles. The van der Waals surface area contributed by atoms with E-state index in [4.69, 9.17) is 10.7 Å². The molecule has 2 bridgehead atoms. The molecule has 0 saturated carbocycles. The van der Waals surface area contributed by atoms with Crippen molar-refractivity contribution in [1.82, 2.24) is 30.2 Å². The molecule has 0 aromatic carbocycles. The fourth-order valence-electron chi connectivity index (χ4n) is 4.98. The molecule has 2 unspecified atom stereocenters. The van der Waals surface area contributed by atoms with Crippen LogP contribution in [0.3, 0.4) is 0 Å². The first-order valence-electron chi connectivity index (χ1n) is 11.8. The number of nitrogens with one attached hydrogen (secondary N) is 3. The molecule has 5 N–H and O–H groups in total. The highest BCUT2D eigenvalue weighted by Crippen LogP contribution is 2.39. The zero-order valence-electron chi connectivity index (χ0n) is 20.1. The van der Waals surface area contributed by atoms with Gasteiger partial charge in [-0.25, -0.2) is 14.8 Å². The zero-order chi connectivity index (χ0) is 24.4. The molecular formula is C24H32N8O2. The number of nitrogens with zero attached hydrogens (tertiary/aromatic N) is 4. The Balaban J connectivity index is 0.00000133. The Morgan fingerprint density at radius 1 is 1.15 bits per heavy atom. The SMILES string of the molecule is CC.CNC(=O)Nc1ccc(-c2cnn3c(N)c(C(C)=O)c(C4CC5CCC(C4)N5)nc23)cn1. The molecule has 5 rings (SSSR count). The highest BCUT2D eigenvalue weighted by Gasteiger charge is 2.37. The molecule has 3 aromatic heterocycles. The van der Waals surface area contributed by atoms with Crippen LogP contribution in [0.25, 0.3) is 16.8 Å². The summed E-state index contributed by atoms with van der Waals surface area (Å²) in [5.41, 5.74) is 9.86. The number of carbonyl (C=O) groups excluding carboxylic acids is 2. The number of amides is 2. The van der Waals surface area contributed by atoms with Crippen LogP contribution < -0.4 is 21.7 Å². The second-order valence-corrected chi connectivity index (χ2v) is 8.55. The van der Waals surface area contributed by atoms with E-state index in [2.05, 4.69) is 26.0 Å². The molecule has 2 aliphatic rings. The summed E-state index contributed by atoms with van der Waals surface area (Å²) in [6.07, 6.45) is 7.56. The number of rotatable bonds is 4. The normalized spacial score (nSPS) is 21.0. The first-order chi connectivity index (χ1) is 16.4. The molecule has 34 heavy (non-hydrogen) atoms. The van der Waals surface area contributed by atoms with Gasteiger partial charge in [0.25, 0.3) is 0 Å². The Hall–Kier alpha value is -3.53. The van der Waals surface area contributed by atoms with Crippen molar-refractivity contribution in [2.24, 2.45) is 0 Å². The van der Waals surface area contributed by atoms with Crippen molar-refractivity contribution < 1.29 is 9.59 Å². The van der Waals surface area contributed by atoms with Crippen molar-refractivity contribution in [3.05, 3.63) is 35.8 Å². The summed E-state index contributed by atoms with van der Waals surface area (Å²) in [4.78, 5) is 33.3. The minimum absolute atomic E-state index is 0.0962. The maximum absolute atomic E-state index is 12.6. The average molecular weight is 465 g/mol. The number of Topliss-reactive ketones (excluding diaryl/α,β-unsaturated/α-hetero) is 1. The summed E-state index contributed by atoms with van der Waals surface area (Å²) >= 11 is 0. The zero-order valence-corrected chi connectivity index (χ0v) is 20.1. The van der Waals surface area contributed by atoms with E-state index >= 15 is 0 Å². The van der Waals surface area contributed by atoms with Gasteiger partial charge in [-0.05, 0) is 44.7 Å². The number of nitrogens with two attached hydrogens (primary N) is 1. The van der Waals surface area contributed by atoms with E-state index in [0.717, 1.165) is 42.5 Å². The third kappa shape index (κ3) is 4.33. The third-order valence-electron chi connectivity index (χ3n) is 6.47. The molecule has 180 valence electrons. The van der Waals surface area contributed by atoms with E-state index in [1.807, 2.05) is 19.9 Å². The van der Waals surface area contributed by atoms with Crippen molar-refractivity contribution in [3.63, 3.8) is 0 Å². The Morgan fingerprint density at radius 2 is 1.85 bits per heavy atom. The minimum Gasteiger partial charge on any atom is -0.383 e. The fraction of sp³-hybridized carbons (Fsp3) is 0.458. The van der Waals surface area contributed by atoms with Crippen LogP contribution >= 0.6 is 0 Å². The molecule has 5 heterocycles. The number of pyridine rings is 1. The first kappa shape index (κ1) is 23.6. The Labute approximate surface area is 198 Å². The van der Waals surface area contributed by atoms with Gasteiger partial charge >= 0.3 is 6.03 Å². The van der Waals surface area contributed by atoms with E-state index in [1.165, 1.54) is 11.4 Å². The maximum atomic E-state index is 12.6. The van der Waals surface area contributed by atoms with E-state index < -0.39 is 0 Å². The molecule has 0 radical (unpaired) electrons. The number of hydrogen-bond acceptors (Lipinski definition) is 7. The van der Waals surface area contributed by atoms with Crippen molar-refractivity contribution in [1.29, 1.82) is 0 Å². The summed E-state index contributed by atoms with van der Waals surface area (Å²) in [6.45, 7) is 5.53. The second kappa shape index (κ2) is 9.76. The van der Waals surface area contributed by atoms with Crippen LogP contribution in [0.15, 0.2) is 24.5 Å². The van der Waals surface area contributed by atoms with Crippen LogP contribution in [0.1, 0.15) is 68.4 Å². The van der Waals surface area contributed by atoms with Crippen LogP contribution in [0, 0.1) is 0 Å². The van der Waals surface area contributed by atoms with Gasteiger partial charge in [0, 0.05) is 42.4 Å². The lowest BCUT2D eigenvalue weighted by atomic mass is 9.86. The van der Waals surface area contributed by atoms with Crippen LogP contribution in [-0.2, 0) is 0 Å². The molecule has 2 aliphatic heterocycles. The Bertz CT molecular complexity index is 1190. The van der Waals surface area contributed by atoms with Gasteiger partial charge in [-0.3, -0.25) is 10.1 Å². The summed E-state index contributed by atoms with van der Waals surface area (Å²) in [5, 5.41) is 13.2. The van der Waals surface area contributed by atoms with Gasteiger partial charge in [0.15, 0.2) is 11.4 Å². The number of piperidine rings is 1. The summed E-state index contributed by atoms with van der Waals surface area (Å²) < 4.78 is 1.53. The minimum atomic E-state index is -0.340. The quantitative estimate of drug-likeness (QED) is 0.434. The van der Waals surface area contributed by atoms with Crippen molar-refractivity contribution in [2.75, 3.05) is 18.1 Å². The van der Waals surface area contributed by atoms with E-state index in [1.54, 1.807) is 25.5 Å². The molecule has 2 amide bonds. The molecule has 2 saturated heterocycles. The van der Waals surface area contributed by atoms with Crippen LogP contribution in [0.5, 0.6) is 0 Å². The molecule has 2 fully saturated rings. The Morgan fingerprint density at radius 3 is 2.44 bits per heavy atom. The lowest BCUT2D eigenvalue weighted by Gasteiger charge is -2.30. The number of anilines is 2. The topological polar surface area (TPSA) is 139 Å². The average Bonchev–Trinajstić information content (AvgIpc) is 3.43. The number of hydrogen-bond donors (Lipinski definition) is 4. The molecule has 0 spiro atoms. The van der Waals surface area contributed by atoms with Gasteiger partial charge in [-0.1, -0.05) is 13.8 Å².